The summed E-state index contributed by atoms with van der Waals surface area (Å²) in [4.78, 5) is 13.1. The molecular weight excluding hydrogens is 242 g/mol. The number of rotatable bonds is 6. The number of ether oxygens (including phenoxy) is 1. The van der Waals surface area contributed by atoms with E-state index in [1.807, 2.05) is 31.2 Å². The van der Waals surface area contributed by atoms with Crippen molar-refractivity contribution in [1.29, 1.82) is 0 Å². The molecule has 1 aromatic carbocycles. The summed E-state index contributed by atoms with van der Waals surface area (Å²) in [6.07, 6.45) is 0. The normalized spacial score (nSPS) is 17.8. The van der Waals surface area contributed by atoms with Crippen LogP contribution in [-0.2, 0) is 4.79 Å². The highest BCUT2D eigenvalue weighted by molar-refractivity contribution is 5.70. The van der Waals surface area contributed by atoms with Crippen molar-refractivity contribution >= 4 is 5.97 Å². The Kier molecular flexibility index (Phi) is 4.43. The molecule has 0 bridgehead atoms. The van der Waals surface area contributed by atoms with E-state index in [2.05, 4.69) is 4.90 Å². The van der Waals surface area contributed by atoms with Gasteiger partial charge in [0.25, 0.3) is 0 Å². The summed E-state index contributed by atoms with van der Waals surface area (Å²) in [6, 6.07) is 8.00. The van der Waals surface area contributed by atoms with Crippen molar-refractivity contribution in [3.8, 4) is 5.75 Å². The number of aliphatic carboxylic acids is 1. The van der Waals surface area contributed by atoms with Gasteiger partial charge in [0.2, 0.25) is 0 Å². The van der Waals surface area contributed by atoms with Crippen molar-refractivity contribution in [3.05, 3.63) is 29.8 Å². The molecule has 1 aliphatic heterocycles. The monoisotopic (exact) mass is 263 g/mol. The van der Waals surface area contributed by atoms with E-state index in [0.717, 1.165) is 25.4 Å². The first-order valence-electron chi connectivity index (χ1n) is 6.71. The van der Waals surface area contributed by atoms with Crippen molar-refractivity contribution in [2.75, 3.05) is 26.2 Å². The maximum atomic E-state index is 10.8. The number of carboxylic acid groups (broad SMARTS) is 1. The molecule has 1 fully saturated rings. The fraction of sp³-hybridized carbons (Fsp3) is 0.533. The summed E-state index contributed by atoms with van der Waals surface area (Å²) in [6.45, 7) is 7.07. The van der Waals surface area contributed by atoms with E-state index in [0.29, 0.717) is 6.61 Å². The van der Waals surface area contributed by atoms with Crippen molar-refractivity contribution in [1.82, 2.24) is 4.90 Å². The van der Waals surface area contributed by atoms with Crippen molar-refractivity contribution < 1.29 is 14.6 Å². The van der Waals surface area contributed by atoms with E-state index < -0.39 is 5.97 Å². The fourth-order valence-electron chi connectivity index (χ4n) is 2.31. The molecule has 0 saturated carbocycles. The van der Waals surface area contributed by atoms with E-state index in [-0.39, 0.29) is 11.8 Å². The molecular formula is C15H21NO3. The maximum Gasteiger partial charge on any atom is 0.306 e. The number of carbonyl (C=O) groups is 1. The van der Waals surface area contributed by atoms with Gasteiger partial charge in [0.15, 0.2) is 0 Å². The van der Waals surface area contributed by atoms with Gasteiger partial charge in [-0.05, 0) is 30.5 Å². The smallest absolute Gasteiger partial charge is 0.306 e. The zero-order chi connectivity index (χ0) is 13.8. The average molecular weight is 263 g/mol. The molecule has 1 saturated heterocycles. The number of likely N-dealkylation sites (tertiary alicyclic amines) is 1. The first-order chi connectivity index (χ1) is 9.06. The van der Waals surface area contributed by atoms with Crippen molar-refractivity contribution in [2.24, 2.45) is 11.8 Å². The highest BCUT2D eigenvalue weighted by Crippen LogP contribution is 2.23. The predicted molar refractivity (Wildman–Crippen MR) is 73.4 cm³/mol. The summed E-state index contributed by atoms with van der Waals surface area (Å²) in [5.41, 5.74) is 1.19. The summed E-state index contributed by atoms with van der Waals surface area (Å²) in [5.74, 6) is 0.252. The van der Waals surface area contributed by atoms with Crippen LogP contribution in [0.1, 0.15) is 12.5 Å². The van der Waals surface area contributed by atoms with E-state index in [9.17, 15) is 4.79 Å². The van der Waals surface area contributed by atoms with Crippen LogP contribution in [0.5, 0.6) is 5.75 Å². The second-order valence-corrected chi connectivity index (χ2v) is 5.31. The molecule has 1 aromatic rings. The third-order valence-electron chi connectivity index (χ3n) is 3.75. The molecule has 4 nitrogen and oxygen atoms in total. The molecule has 0 radical (unpaired) electrons. The van der Waals surface area contributed by atoms with Gasteiger partial charge in [-0.25, -0.2) is 0 Å². The first kappa shape index (κ1) is 13.9. The van der Waals surface area contributed by atoms with E-state index in [1.165, 1.54) is 5.56 Å². The van der Waals surface area contributed by atoms with Crippen LogP contribution >= 0.6 is 0 Å². The zero-order valence-electron chi connectivity index (χ0n) is 11.5. The highest BCUT2D eigenvalue weighted by Gasteiger charge is 2.34. The number of carboxylic acids is 1. The predicted octanol–water partition coefficient (Wildman–Crippen LogP) is 2.03. The summed E-state index contributed by atoms with van der Waals surface area (Å²) in [5, 5.41) is 8.91. The Morgan fingerprint density at radius 1 is 1.53 bits per heavy atom. The van der Waals surface area contributed by atoms with Gasteiger partial charge < -0.3 is 9.84 Å². The Labute approximate surface area is 114 Å². The standard InChI is InChI=1S/C15H21NO3/c1-11-4-3-5-14(8-11)19-7-6-16-9-13(10-16)12(2)15(17)18/h3-5,8,12-13H,6-7,9-10H2,1-2H3,(H,17,18). The molecule has 1 heterocycles. The second kappa shape index (κ2) is 6.06. The van der Waals surface area contributed by atoms with E-state index in [1.54, 1.807) is 6.92 Å². The molecule has 19 heavy (non-hydrogen) atoms. The quantitative estimate of drug-likeness (QED) is 0.853. The average Bonchev–Trinajstić information content (AvgIpc) is 2.31. The van der Waals surface area contributed by atoms with Gasteiger partial charge >= 0.3 is 5.97 Å². The van der Waals surface area contributed by atoms with Crippen LogP contribution in [0.3, 0.4) is 0 Å². The minimum atomic E-state index is -0.694. The van der Waals surface area contributed by atoms with Gasteiger partial charge in [0, 0.05) is 19.6 Å². The number of nitrogens with zero attached hydrogens (tertiary/aromatic N) is 1. The van der Waals surface area contributed by atoms with Crippen molar-refractivity contribution in [2.45, 2.75) is 13.8 Å². The van der Waals surface area contributed by atoms with Gasteiger partial charge in [-0.1, -0.05) is 19.1 Å². The van der Waals surface area contributed by atoms with Gasteiger partial charge in [0.05, 0.1) is 5.92 Å². The molecule has 1 N–H and O–H groups in total. The SMILES string of the molecule is Cc1cccc(OCCN2CC(C(C)C(=O)O)C2)c1. The van der Waals surface area contributed by atoms with Crippen molar-refractivity contribution in [3.63, 3.8) is 0 Å². The lowest BCUT2D eigenvalue weighted by atomic mass is 9.87. The zero-order valence-corrected chi connectivity index (χ0v) is 11.5. The third kappa shape index (κ3) is 3.70. The molecule has 0 amide bonds. The van der Waals surface area contributed by atoms with Gasteiger partial charge in [-0.2, -0.15) is 0 Å². The molecule has 0 spiro atoms. The largest absolute Gasteiger partial charge is 0.492 e. The first-order valence-corrected chi connectivity index (χ1v) is 6.71. The van der Waals surface area contributed by atoms with Crippen LogP contribution in [0, 0.1) is 18.8 Å². The second-order valence-electron chi connectivity index (χ2n) is 5.31. The fourth-order valence-corrected chi connectivity index (χ4v) is 2.31. The molecule has 4 heteroatoms. The number of aryl methyl sites for hydroxylation is 1. The molecule has 1 atom stereocenters. The van der Waals surface area contributed by atoms with E-state index in [4.69, 9.17) is 9.84 Å². The van der Waals surface area contributed by atoms with E-state index >= 15 is 0 Å². The lowest BCUT2D eigenvalue weighted by molar-refractivity contribution is -0.145. The number of benzene rings is 1. The van der Waals surface area contributed by atoms with Crippen LogP contribution < -0.4 is 4.74 Å². The van der Waals surface area contributed by atoms with Gasteiger partial charge in [-0.3, -0.25) is 9.69 Å². The minimum Gasteiger partial charge on any atom is -0.492 e. The highest BCUT2D eigenvalue weighted by atomic mass is 16.5. The summed E-state index contributed by atoms with van der Waals surface area (Å²) < 4.78 is 5.68. The Morgan fingerprint density at radius 3 is 2.89 bits per heavy atom. The minimum absolute atomic E-state index is 0.242. The Bertz CT molecular complexity index is 441. The van der Waals surface area contributed by atoms with Crippen LogP contribution in [-0.4, -0.2) is 42.2 Å². The molecule has 0 aliphatic carbocycles. The lowest BCUT2D eigenvalue weighted by Gasteiger charge is -2.41. The molecule has 0 aromatic heterocycles. The van der Waals surface area contributed by atoms with Crippen LogP contribution in [0.25, 0.3) is 0 Å². The van der Waals surface area contributed by atoms with Crippen LogP contribution in [0.4, 0.5) is 0 Å². The lowest BCUT2D eigenvalue weighted by Crippen LogP contribution is -2.52. The molecule has 1 unspecified atom stereocenters. The Hall–Kier alpha value is -1.55. The molecule has 2 rings (SSSR count). The Morgan fingerprint density at radius 2 is 2.26 bits per heavy atom. The third-order valence-corrected chi connectivity index (χ3v) is 3.75. The van der Waals surface area contributed by atoms with Gasteiger partial charge in [0.1, 0.15) is 12.4 Å². The maximum absolute atomic E-state index is 10.8. The van der Waals surface area contributed by atoms with Crippen LogP contribution in [0.2, 0.25) is 0 Å². The summed E-state index contributed by atoms with van der Waals surface area (Å²) in [7, 11) is 0. The molecule has 1 aliphatic rings. The Balaban J connectivity index is 1.65. The van der Waals surface area contributed by atoms with Crippen LogP contribution in [0.15, 0.2) is 24.3 Å². The topological polar surface area (TPSA) is 49.8 Å². The van der Waals surface area contributed by atoms with Gasteiger partial charge in [-0.15, -0.1) is 0 Å². The molecule has 104 valence electrons. The number of hydrogen-bond donors (Lipinski definition) is 1. The summed E-state index contributed by atoms with van der Waals surface area (Å²) >= 11 is 0. The number of hydrogen-bond acceptors (Lipinski definition) is 3.